The molecule has 12 heteroatoms. The molecule has 38 heavy (non-hydrogen) atoms. The molecule has 1 amide bonds. The van der Waals surface area contributed by atoms with Crippen LogP contribution in [0.4, 0.5) is 24.8 Å². The predicted molar refractivity (Wildman–Crippen MR) is 144 cm³/mol. The summed E-state index contributed by atoms with van der Waals surface area (Å²) in [6.07, 6.45) is -4.79. The molecule has 0 unspecified atom stereocenters. The topological polar surface area (TPSA) is 112 Å². The molecular weight excluding hydrogens is 616 g/mol. The fourth-order valence-corrected chi connectivity index (χ4v) is 4.80. The number of hydrogen-bond donors (Lipinski definition) is 2. The smallest absolute Gasteiger partial charge is 0.422 e. The summed E-state index contributed by atoms with van der Waals surface area (Å²) in [7, 11) is 0. The van der Waals surface area contributed by atoms with Crippen molar-refractivity contribution in [1.82, 2.24) is 9.55 Å². The van der Waals surface area contributed by atoms with Crippen LogP contribution in [0, 0.1) is 10.5 Å². The molecule has 0 aliphatic rings. The number of benzene rings is 3. The molecule has 0 saturated heterocycles. The first-order valence-corrected chi connectivity index (χ1v) is 12.2. The molecule has 2 aromatic heterocycles. The Hall–Kier alpha value is -4.07. The third kappa shape index (κ3) is 5.16. The number of anilines is 2. The fraction of sp³-hybridized carbons (Fsp3) is 0.115. The Morgan fingerprint density at radius 2 is 1.89 bits per heavy atom. The summed E-state index contributed by atoms with van der Waals surface area (Å²) in [5.41, 5.74) is 7.57. The number of imidazole rings is 1. The number of fused-ring (bicyclic) bond motifs is 2. The average molecular weight is 634 g/mol. The van der Waals surface area contributed by atoms with Crippen molar-refractivity contribution in [2.75, 3.05) is 5.32 Å². The predicted octanol–water partition coefficient (Wildman–Crippen LogP) is 5.85. The number of alkyl halides is 3. The van der Waals surface area contributed by atoms with Crippen molar-refractivity contribution in [3.63, 3.8) is 0 Å². The largest absolute Gasteiger partial charge is 0.573 e. The van der Waals surface area contributed by atoms with E-state index in [1.807, 2.05) is 28.8 Å². The quantitative estimate of drug-likeness (QED) is 0.179. The zero-order valence-electron chi connectivity index (χ0n) is 19.6. The SMILES string of the molecule is Cc1c(C(N)=O)c(=O)oc2cc3c(cc12)nc(Nc1ccc(OC(F)(F)F)cc1)n3Cc1cccc(I)c1. The molecule has 5 aromatic rings. The molecule has 0 atom stereocenters. The molecule has 3 aromatic carbocycles. The molecule has 0 aliphatic heterocycles. The molecular formula is C26H18F3IN4O4. The van der Waals surface area contributed by atoms with Crippen LogP contribution in [-0.4, -0.2) is 21.8 Å². The van der Waals surface area contributed by atoms with Crippen LogP contribution in [-0.2, 0) is 6.54 Å². The van der Waals surface area contributed by atoms with Gasteiger partial charge in [0.1, 0.15) is 16.9 Å². The van der Waals surface area contributed by atoms with Gasteiger partial charge in [0.05, 0.1) is 17.6 Å². The summed E-state index contributed by atoms with van der Waals surface area (Å²) in [6.45, 7) is 2.00. The molecule has 194 valence electrons. The zero-order valence-corrected chi connectivity index (χ0v) is 21.8. The zero-order chi connectivity index (χ0) is 27.2. The number of ether oxygens (including phenoxy) is 1. The second-order valence-electron chi connectivity index (χ2n) is 8.44. The third-order valence-electron chi connectivity index (χ3n) is 5.86. The summed E-state index contributed by atoms with van der Waals surface area (Å²) in [5.74, 6) is -0.839. The van der Waals surface area contributed by atoms with Crippen LogP contribution in [0.2, 0.25) is 0 Å². The second-order valence-corrected chi connectivity index (χ2v) is 9.69. The molecule has 0 bridgehead atoms. The number of halogens is 4. The minimum Gasteiger partial charge on any atom is -0.422 e. The van der Waals surface area contributed by atoms with Crippen molar-refractivity contribution in [2.45, 2.75) is 19.8 Å². The van der Waals surface area contributed by atoms with E-state index in [0.717, 1.165) is 9.13 Å². The van der Waals surface area contributed by atoms with Crippen molar-refractivity contribution in [3.05, 3.63) is 91.3 Å². The number of aryl methyl sites for hydroxylation is 1. The van der Waals surface area contributed by atoms with Gasteiger partial charge in [0.2, 0.25) is 5.95 Å². The Kier molecular flexibility index (Phi) is 6.51. The number of nitrogens with two attached hydrogens (primary N) is 1. The van der Waals surface area contributed by atoms with Gasteiger partial charge in [-0.2, -0.15) is 0 Å². The Morgan fingerprint density at radius 3 is 2.55 bits per heavy atom. The van der Waals surface area contributed by atoms with E-state index >= 15 is 0 Å². The molecule has 0 spiro atoms. The number of rotatable bonds is 6. The number of nitrogens with one attached hydrogen (secondary N) is 1. The number of carbonyl (C=O) groups is 1. The van der Waals surface area contributed by atoms with Crippen molar-refractivity contribution < 1.29 is 27.1 Å². The molecule has 0 saturated carbocycles. The van der Waals surface area contributed by atoms with E-state index in [9.17, 15) is 22.8 Å². The first-order chi connectivity index (χ1) is 18.0. The highest BCUT2D eigenvalue weighted by Gasteiger charge is 2.31. The summed E-state index contributed by atoms with van der Waals surface area (Å²) in [4.78, 5) is 28.9. The van der Waals surface area contributed by atoms with Gasteiger partial charge in [-0.1, -0.05) is 12.1 Å². The average Bonchev–Trinajstić information content (AvgIpc) is 3.14. The molecule has 3 N–H and O–H groups in total. The lowest BCUT2D eigenvalue weighted by atomic mass is 10.1. The summed E-state index contributed by atoms with van der Waals surface area (Å²) in [5, 5.41) is 3.65. The van der Waals surface area contributed by atoms with Crippen LogP contribution in [0.3, 0.4) is 0 Å². The van der Waals surface area contributed by atoms with E-state index < -0.39 is 17.9 Å². The van der Waals surface area contributed by atoms with Crippen LogP contribution in [0.1, 0.15) is 21.5 Å². The van der Waals surface area contributed by atoms with Gasteiger partial charge in [0.25, 0.3) is 5.91 Å². The minimum atomic E-state index is -4.79. The van der Waals surface area contributed by atoms with Gasteiger partial charge in [-0.3, -0.25) is 4.79 Å². The maximum absolute atomic E-state index is 12.5. The van der Waals surface area contributed by atoms with Gasteiger partial charge >= 0.3 is 12.0 Å². The molecule has 2 heterocycles. The fourth-order valence-electron chi connectivity index (χ4n) is 4.20. The van der Waals surface area contributed by atoms with Crippen LogP contribution in [0.25, 0.3) is 22.0 Å². The Bertz CT molecular complexity index is 1760. The maximum atomic E-state index is 12.5. The van der Waals surface area contributed by atoms with Gasteiger partial charge in [-0.25, -0.2) is 9.78 Å². The number of carbonyl (C=O) groups excluding carboxylic acids is 1. The van der Waals surface area contributed by atoms with Crippen molar-refractivity contribution in [3.8, 4) is 5.75 Å². The van der Waals surface area contributed by atoms with Crippen LogP contribution in [0.5, 0.6) is 5.75 Å². The monoisotopic (exact) mass is 634 g/mol. The van der Waals surface area contributed by atoms with Crippen molar-refractivity contribution >= 4 is 62.1 Å². The highest BCUT2D eigenvalue weighted by Crippen LogP contribution is 2.31. The molecule has 0 radical (unpaired) electrons. The van der Waals surface area contributed by atoms with Gasteiger partial charge in [-0.05, 0) is 83.1 Å². The van der Waals surface area contributed by atoms with Crippen molar-refractivity contribution in [2.24, 2.45) is 5.73 Å². The number of aromatic nitrogens is 2. The lowest BCUT2D eigenvalue weighted by molar-refractivity contribution is -0.274. The van der Waals surface area contributed by atoms with E-state index in [4.69, 9.17) is 15.1 Å². The Balaban J connectivity index is 1.64. The van der Waals surface area contributed by atoms with E-state index in [-0.39, 0.29) is 16.9 Å². The normalized spacial score (nSPS) is 11.7. The Labute approximate surface area is 226 Å². The van der Waals surface area contributed by atoms with Crippen LogP contribution < -0.4 is 21.4 Å². The number of amides is 1. The number of hydrogen-bond acceptors (Lipinski definition) is 6. The Morgan fingerprint density at radius 1 is 1.16 bits per heavy atom. The minimum absolute atomic E-state index is 0.227. The van der Waals surface area contributed by atoms with Crippen molar-refractivity contribution in [1.29, 1.82) is 0 Å². The lowest BCUT2D eigenvalue weighted by Crippen LogP contribution is -2.22. The number of nitrogens with zero attached hydrogens (tertiary/aromatic N) is 2. The molecule has 0 aliphatic carbocycles. The number of primary amides is 1. The third-order valence-corrected chi connectivity index (χ3v) is 6.53. The van der Waals surface area contributed by atoms with E-state index in [1.165, 1.54) is 24.3 Å². The van der Waals surface area contributed by atoms with Crippen LogP contribution in [0.15, 0.2) is 69.9 Å². The van der Waals surface area contributed by atoms with Gasteiger partial charge in [0, 0.05) is 20.7 Å². The van der Waals surface area contributed by atoms with E-state index in [2.05, 4.69) is 32.6 Å². The summed E-state index contributed by atoms with van der Waals surface area (Å²) >= 11 is 2.21. The maximum Gasteiger partial charge on any atom is 0.573 e. The summed E-state index contributed by atoms with van der Waals surface area (Å²) < 4.78 is 49.9. The second kappa shape index (κ2) is 9.67. The summed E-state index contributed by atoms with van der Waals surface area (Å²) in [6, 6.07) is 16.5. The first-order valence-electron chi connectivity index (χ1n) is 11.1. The standard InChI is InChI=1S/C26H18F3IN4O4/c1-13-18-10-19-20(11-21(18)37-24(36)22(13)23(31)35)34(12-14-3-2-4-15(30)9-14)25(33-19)32-16-5-7-17(8-6-16)38-26(27,28)29/h2-11H,12H2,1H3,(H2,31,35)(H,32,33). The van der Waals surface area contributed by atoms with E-state index in [0.29, 0.717) is 40.2 Å². The molecule has 8 nitrogen and oxygen atoms in total. The van der Waals surface area contributed by atoms with E-state index in [1.54, 1.807) is 19.1 Å². The first kappa shape index (κ1) is 25.6. The lowest BCUT2D eigenvalue weighted by Gasteiger charge is -2.13. The van der Waals surface area contributed by atoms with Gasteiger partial charge in [-0.15, -0.1) is 13.2 Å². The highest BCUT2D eigenvalue weighted by atomic mass is 127. The highest BCUT2D eigenvalue weighted by molar-refractivity contribution is 14.1. The van der Waals surface area contributed by atoms with Crippen LogP contribution >= 0.6 is 22.6 Å². The molecule has 0 fully saturated rings. The molecule has 5 rings (SSSR count). The van der Waals surface area contributed by atoms with Gasteiger partial charge in [0.15, 0.2) is 0 Å². The van der Waals surface area contributed by atoms with Gasteiger partial charge < -0.3 is 24.8 Å².